The number of anilines is 3. The van der Waals surface area contributed by atoms with Crippen molar-refractivity contribution in [1.29, 1.82) is 0 Å². The van der Waals surface area contributed by atoms with E-state index in [0.29, 0.717) is 6.04 Å². The van der Waals surface area contributed by atoms with Gasteiger partial charge in [0.15, 0.2) is 0 Å². The summed E-state index contributed by atoms with van der Waals surface area (Å²) in [6.07, 6.45) is 6.75. The molecule has 0 bridgehead atoms. The molecule has 1 aromatic heterocycles. The first-order valence-electron chi connectivity index (χ1n) is 8.30. The number of piperidine rings is 1. The van der Waals surface area contributed by atoms with E-state index in [4.69, 9.17) is 4.98 Å². The van der Waals surface area contributed by atoms with Gasteiger partial charge in [-0.15, -0.1) is 0 Å². The number of benzene rings is 1. The van der Waals surface area contributed by atoms with Crippen molar-refractivity contribution in [3.63, 3.8) is 0 Å². The van der Waals surface area contributed by atoms with Crippen LogP contribution in [0.2, 0.25) is 0 Å². The van der Waals surface area contributed by atoms with E-state index in [-0.39, 0.29) is 0 Å². The predicted molar refractivity (Wildman–Crippen MR) is 99.5 cm³/mol. The maximum atomic E-state index is 4.74. The highest BCUT2D eigenvalue weighted by Crippen LogP contribution is 2.28. The zero-order valence-electron chi connectivity index (χ0n) is 13.7. The predicted octanol–water partition coefficient (Wildman–Crippen LogP) is 5.06. The van der Waals surface area contributed by atoms with Crippen LogP contribution in [-0.2, 0) is 0 Å². The van der Waals surface area contributed by atoms with Crippen LogP contribution in [0.5, 0.6) is 0 Å². The molecule has 1 aliphatic rings. The molecule has 4 nitrogen and oxygen atoms in total. The van der Waals surface area contributed by atoms with Gasteiger partial charge in [0.05, 0.1) is 5.69 Å². The van der Waals surface area contributed by atoms with E-state index in [9.17, 15) is 0 Å². The van der Waals surface area contributed by atoms with E-state index in [1.165, 1.54) is 24.8 Å². The number of nitrogens with one attached hydrogen (secondary N) is 1. The number of aryl methyl sites for hydroxylation is 1. The van der Waals surface area contributed by atoms with Gasteiger partial charge >= 0.3 is 0 Å². The molecule has 0 spiro atoms. The van der Waals surface area contributed by atoms with E-state index >= 15 is 0 Å². The Balaban J connectivity index is 1.82. The second-order valence-corrected chi connectivity index (χ2v) is 6.96. The highest BCUT2D eigenvalue weighted by molar-refractivity contribution is 9.10. The molecule has 1 saturated heterocycles. The highest BCUT2D eigenvalue weighted by Gasteiger charge is 2.23. The van der Waals surface area contributed by atoms with Crippen LogP contribution >= 0.6 is 15.9 Å². The lowest BCUT2D eigenvalue weighted by molar-refractivity contribution is 0.443. The van der Waals surface area contributed by atoms with Gasteiger partial charge in [-0.05, 0) is 72.3 Å². The van der Waals surface area contributed by atoms with Crippen molar-refractivity contribution in [2.45, 2.75) is 45.6 Å². The molecule has 1 aromatic carbocycles. The van der Waals surface area contributed by atoms with E-state index < -0.39 is 0 Å². The number of aromatic nitrogens is 2. The normalized spacial score (nSPS) is 18.0. The summed E-state index contributed by atoms with van der Waals surface area (Å²) in [7, 11) is 0. The molecule has 122 valence electrons. The lowest BCUT2D eigenvalue weighted by Gasteiger charge is -2.35. The molecule has 0 radical (unpaired) electrons. The Hall–Kier alpha value is -1.62. The molecule has 1 fully saturated rings. The van der Waals surface area contributed by atoms with E-state index in [2.05, 4.69) is 63.2 Å². The second-order valence-electron chi connectivity index (χ2n) is 6.10. The minimum atomic E-state index is 0.560. The van der Waals surface area contributed by atoms with Crippen LogP contribution in [0, 0.1) is 6.92 Å². The van der Waals surface area contributed by atoms with Crippen molar-refractivity contribution in [1.82, 2.24) is 9.97 Å². The third-order valence-corrected chi connectivity index (χ3v) is 5.04. The van der Waals surface area contributed by atoms with Crippen molar-refractivity contribution >= 4 is 33.4 Å². The average Bonchev–Trinajstić information content (AvgIpc) is 2.58. The Morgan fingerprint density at radius 3 is 2.96 bits per heavy atom. The molecular weight excluding hydrogens is 352 g/mol. The maximum Gasteiger partial charge on any atom is 0.227 e. The van der Waals surface area contributed by atoms with Gasteiger partial charge in [0.1, 0.15) is 5.82 Å². The summed E-state index contributed by atoms with van der Waals surface area (Å²) in [5.41, 5.74) is 2.25. The Morgan fingerprint density at radius 2 is 2.17 bits per heavy atom. The van der Waals surface area contributed by atoms with Crippen LogP contribution in [-0.4, -0.2) is 22.6 Å². The quantitative estimate of drug-likeness (QED) is 0.811. The zero-order valence-corrected chi connectivity index (χ0v) is 15.3. The van der Waals surface area contributed by atoms with Crippen LogP contribution in [0.3, 0.4) is 0 Å². The number of rotatable bonds is 4. The topological polar surface area (TPSA) is 41.1 Å². The van der Waals surface area contributed by atoms with Gasteiger partial charge in [-0.3, -0.25) is 0 Å². The van der Waals surface area contributed by atoms with E-state index in [1.54, 1.807) is 0 Å². The fraction of sp³-hybridized carbons (Fsp3) is 0.444. The van der Waals surface area contributed by atoms with Crippen LogP contribution in [0.15, 0.2) is 34.9 Å². The van der Waals surface area contributed by atoms with E-state index in [1.807, 2.05) is 12.3 Å². The molecule has 23 heavy (non-hydrogen) atoms. The summed E-state index contributed by atoms with van der Waals surface area (Å²) < 4.78 is 1.04. The SMILES string of the molecule is CCC1CCCCN1c1nccc(Nc2ccc(C)cc2Br)n1. The maximum absolute atomic E-state index is 4.74. The molecule has 0 saturated carbocycles. The molecule has 2 heterocycles. The van der Waals surface area contributed by atoms with Crippen LogP contribution < -0.4 is 10.2 Å². The number of hydrogen-bond donors (Lipinski definition) is 1. The average molecular weight is 375 g/mol. The van der Waals surface area contributed by atoms with Crippen molar-refractivity contribution in [3.05, 3.63) is 40.5 Å². The fourth-order valence-corrected chi connectivity index (χ4v) is 3.70. The standard InChI is InChI=1S/C18H23BrN4/c1-3-14-6-4-5-11-23(14)18-20-10-9-17(22-18)21-16-8-7-13(2)12-15(16)19/h7-10,12,14H,3-6,11H2,1-2H3,(H,20,21,22). The van der Waals surface area contributed by atoms with Crippen LogP contribution in [0.4, 0.5) is 17.5 Å². The number of nitrogens with zero attached hydrogens (tertiary/aromatic N) is 3. The first-order valence-corrected chi connectivity index (χ1v) is 9.09. The summed E-state index contributed by atoms with van der Waals surface area (Å²) in [6, 6.07) is 8.73. The highest BCUT2D eigenvalue weighted by atomic mass is 79.9. The van der Waals surface area contributed by atoms with Crippen molar-refractivity contribution in [2.75, 3.05) is 16.8 Å². The van der Waals surface area contributed by atoms with Gasteiger partial charge in [0.25, 0.3) is 0 Å². The van der Waals surface area contributed by atoms with Crippen molar-refractivity contribution in [3.8, 4) is 0 Å². The summed E-state index contributed by atoms with van der Waals surface area (Å²) in [5, 5.41) is 3.39. The Morgan fingerprint density at radius 1 is 1.30 bits per heavy atom. The third kappa shape index (κ3) is 3.83. The molecule has 2 aromatic rings. The molecular formula is C18H23BrN4. The van der Waals surface area contributed by atoms with Crippen LogP contribution in [0.1, 0.15) is 38.2 Å². The molecule has 0 aliphatic carbocycles. The van der Waals surface area contributed by atoms with Gasteiger partial charge in [0, 0.05) is 23.3 Å². The van der Waals surface area contributed by atoms with Gasteiger partial charge in [-0.1, -0.05) is 13.0 Å². The third-order valence-electron chi connectivity index (χ3n) is 4.39. The summed E-state index contributed by atoms with van der Waals surface area (Å²) in [6.45, 7) is 5.38. The summed E-state index contributed by atoms with van der Waals surface area (Å²) in [4.78, 5) is 11.6. The minimum absolute atomic E-state index is 0.560. The van der Waals surface area contributed by atoms with Crippen LogP contribution in [0.25, 0.3) is 0 Å². The Labute approximate surface area is 146 Å². The molecule has 1 aliphatic heterocycles. The fourth-order valence-electron chi connectivity index (χ4n) is 3.10. The first-order chi connectivity index (χ1) is 11.2. The second kappa shape index (κ2) is 7.30. The Kier molecular flexibility index (Phi) is 5.16. The molecule has 3 rings (SSSR count). The van der Waals surface area contributed by atoms with Gasteiger partial charge in [-0.2, -0.15) is 4.98 Å². The monoisotopic (exact) mass is 374 g/mol. The lowest BCUT2D eigenvalue weighted by atomic mass is 10.0. The molecule has 0 amide bonds. The first kappa shape index (κ1) is 16.2. The smallest absolute Gasteiger partial charge is 0.227 e. The molecule has 1 unspecified atom stereocenters. The van der Waals surface area contributed by atoms with Crippen molar-refractivity contribution < 1.29 is 0 Å². The van der Waals surface area contributed by atoms with Crippen molar-refractivity contribution in [2.24, 2.45) is 0 Å². The Bertz CT molecular complexity index is 674. The molecule has 5 heteroatoms. The molecule has 1 atom stereocenters. The summed E-state index contributed by atoms with van der Waals surface area (Å²) >= 11 is 3.60. The minimum Gasteiger partial charge on any atom is -0.339 e. The van der Waals surface area contributed by atoms with Gasteiger partial charge in [-0.25, -0.2) is 4.98 Å². The largest absolute Gasteiger partial charge is 0.339 e. The summed E-state index contributed by atoms with van der Waals surface area (Å²) in [5.74, 6) is 1.67. The van der Waals surface area contributed by atoms with Gasteiger partial charge in [0.2, 0.25) is 5.95 Å². The lowest BCUT2D eigenvalue weighted by Crippen LogP contribution is -2.40. The zero-order chi connectivity index (χ0) is 16.2. The van der Waals surface area contributed by atoms with E-state index in [0.717, 1.165) is 34.9 Å². The molecule has 1 N–H and O–H groups in total. The number of hydrogen-bond acceptors (Lipinski definition) is 4. The number of halogens is 1. The van der Waals surface area contributed by atoms with Gasteiger partial charge < -0.3 is 10.2 Å².